The molecule has 1 N–H and O–H groups in total. The van der Waals surface area contributed by atoms with E-state index < -0.39 is 0 Å². The van der Waals surface area contributed by atoms with E-state index in [9.17, 15) is 4.79 Å². The van der Waals surface area contributed by atoms with Crippen LogP contribution in [-0.2, 0) is 13.0 Å². The Bertz CT molecular complexity index is 660. The number of benzene rings is 1. The molecule has 5 nitrogen and oxygen atoms in total. The van der Waals surface area contributed by atoms with Crippen molar-refractivity contribution in [2.45, 2.75) is 19.9 Å². The molecule has 0 aliphatic carbocycles. The number of aromatic nitrogens is 2. The van der Waals surface area contributed by atoms with Gasteiger partial charge in [0.05, 0.1) is 0 Å². The van der Waals surface area contributed by atoms with Gasteiger partial charge in [-0.3, -0.25) is 14.7 Å². The van der Waals surface area contributed by atoms with Crippen molar-refractivity contribution in [3.8, 4) is 0 Å². The Morgan fingerprint density at radius 1 is 1.14 bits per heavy atom. The lowest BCUT2D eigenvalue weighted by molar-refractivity contribution is 0.248. The average Bonchev–Trinajstić information content (AvgIpc) is 2.56. The van der Waals surface area contributed by atoms with Crippen molar-refractivity contribution < 1.29 is 0 Å². The van der Waals surface area contributed by atoms with Crippen LogP contribution in [0, 0.1) is 0 Å². The van der Waals surface area contributed by atoms with Gasteiger partial charge in [0.1, 0.15) is 0 Å². The summed E-state index contributed by atoms with van der Waals surface area (Å²) in [7, 11) is 0. The van der Waals surface area contributed by atoms with Crippen molar-refractivity contribution >= 4 is 5.95 Å². The molecule has 22 heavy (non-hydrogen) atoms. The van der Waals surface area contributed by atoms with Gasteiger partial charge in [0, 0.05) is 44.5 Å². The monoisotopic (exact) mass is 298 g/mol. The van der Waals surface area contributed by atoms with Crippen LogP contribution in [-0.4, -0.2) is 41.0 Å². The molecular weight excluding hydrogens is 276 g/mol. The predicted octanol–water partition coefficient (Wildman–Crippen LogP) is 1.65. The zero-order valence-electron chi connectivity index (χ0n) is 13.0. The summed E-state index contributed by atoms with van der Waals surface area (Å²) in [6, 6.07) is 12.1. The van der Waals surface area contributed by atoms with Crippen LogP contribution in [0.5, 0.6) is 0 Å². The fraction of sp³-hybridized carbons (Fsp3) is 0.412. The van der Waals surface area contributed by atoms with Crippen LogP contribution in [0.2, 0.25) is 0 Å². The fourth-order valence-corrected chi connectivity index (χ4v) is 2.78. The SMILES string of the molecule is CCc1cc(=O)[nH]c(N2CCN(Cc3ccccc3)CC2)n1. The van der Waals surface area contributed by atoms with E-state index in [1.54, 1.807) is 6.07 Å². The Morgan fingerprint density at radius 3 is 2.55 bits per heavy atom. The summed E-state index contributed by atoms with van der Waals surface area (Å²) in [5, 5.41) is 0. The van der Waals surface area contributed by atoms with Crippen LogP contribution in [0.4, 0.5) is 5.95 Å². The minimum atomic E-state index is -0.0615. The second-order valence-electron chi connectivity index (χ2n) is 5.66. The lowest BCUT2D eigenvalue weighted by Crippen LogP contribution is -2.47. The van der Waals surface area contributed by atoms with Crippen molar-refractivity contribution in [2.24, 2.45) is 0 Å². The maximum atomic E-state index is 11.7. The Hall–Kier alpha value is -2.14. The fourth-order valence-electron chi connectivity index (χ4n) is 2.78. The van der Waals surface area contributed by atoms with Gasteiger partial charge in [0.25, 0.3) is 5.56 Å². The maximum Gasteiger partial charge on any atom is 0.252 e. The van der Waals surface area contributed by atoms with E-state index in [0.29, 0.717) is 5.95 Å². The summed E-state index contributed by atoms with van der Waals surface area (Å²) in [5.41, 5.74) is 2.13. The largest absolute Gasteiger partial charge is 0.340 e. The van der Waals surface area contributed by atoms with Crippen LogP contribution >= 0.6 is 0 Å². The summed E-state index contributed by atoms with van der Waals surface area (Å²) in [4.78, 5) is 23.7. The van der Waals surface area contributed by atoms with Crippen molar-refractivity contribution in [1.82, 2.24) is 14.9 Å². The number of aromatic amines is 1. The van der Waals surface area contributed by atoms with Gasteiger partial charge in [-0.25, -0.2) is 4.98 Å². The highest BCUT2D eigenvalue weighted by Gasteiger charge is 2.19. The van der Waals surface area contributed by atoms with Gasteiger partial charge in [-0.1, -0.05) is 37.3 Å². The third kappa shape index (κ3) is 3.54. The highest BCUT2D eigenvalue weighted by atomic mass is 16.1. The molecule has 1 fully saturated rings. The molecule has 0 radical (unpaired) electrons. The molecule has 2 heterocycles. The quantitative estimate of drug-likeness (QED) is 0.932. The zero-order chi connectivity index (χ0) is 15.4. The second kappa shape index (κ2) is 6.75. The average molecular weight is 298 g/mol. The van der Waals surface area contributed by atoms with E-state index >= 15 is 0 Å². The van der Waals surface area contributed by atoms with E-state index in [0.717, 1.165) is 44.8 Å². The standard InChI is InChI=1S/C17H22N4O/c1-2-15-12-16(22)19-17(18-15)21-10-8-20(9-11-21)13-14-6-4-3-5-7-14/h3-7,12H,2,8-11,13H2,1H3,(H,18,19,22). The van der Waals surface area contributed by atoms with E-state index in [1.807, 2.05) is 13.0 Å². The first kappa shape index (κ1) is 14.8. The molecule has 1 aromatic heterocycles. The summed E-state index contributed by atoms with van der Waals surface area (Å²) >= 11 is 0. The summed E-state index contributed by atoms with van der Waals surface area (Å²) in [6.45, 7) is 6.74. The molecule has 0 bridgehead atoms. The molecule has 2 aromatic rings. The number of hydrogen-bond acceptors (Lipinski definition) is 4. The van der Waals surface area contributed by atoms with E-state index in [2.05, 4.69) is 44.0 Å². The van der Waals surface area contributed by atoms with Crippen molar-refractivity contribution in [2.75, 3.05) is 31.1 Å². The van der Waals surface area contributed by atoms with Gasteiger partial charge >= 0.3 is 0 Å². The molecule has 1 saturated heterocycles. The number of rotatable bonds is 4. The van der Waals surface area contributed by atoms with E-state index in [1.165, 1.54) is 5.56 Å². The molecule has 1 aliphatic rings. The van der Waals surface area contributed by atoms with Gasteiger partial charge in [0.2, 0.25) is 5.95 Å². The lowest BCUT2D eigenvalue weighted by atomic mass is 10.2. The molecule has 1 aliphatic heterocycles. The summed E-state index contributed by atoms with van der Waals surface area (Å²) < 4.78 is 0. The Balaban J connectivity index is 1.62. The Morgan fingerprint density at radius 2 is 1.86 bits per heavy atom. The predicted molar refractivity (Wildman–Crippen MR) is 88.2 cm³/mol. The first-order chi connectivity index (χ1) is 10.7. The minimum Gasteiger partial charge on any atom is -0.340 e. The Labute approximate surface area is 130 Å². The van der Waals surface area contributed by atoms with Crippen LogP contribution in [0.3, 0.4) is 0 Å². The van der Waals surface area contributed by atoms with Gasteiger partial charge in [-0.15, -0.1) is 0 Å². The minimum absolute atomic E-state index is 0.0615. The van der Waals surface area contributed by atoms with Gasteiger partial charge < -0.3 is 4.90 Å². The molecule has 116 valence electrons. The normalized spacial score (nSPS) is 16.0. The molecule has 0 spiro atoms. The lowest BCUT2D eigenvalue weighted by Gasteiger charge is -2.35. The van der Waals surface area contributed by atoms with E-state index in [-0.39, 0.29) is 5.56 Å². The number of piperazine rings is 1. The van der Waals surface area contributed by atoms with Crippen molar-refractivity contribution in [3.05, 3.63) is 58.0 Å². The van der Waals surface area contributed by atoms with Crippen LogP contribution in [0.25, 0.3) is 0 Å². The van der Waals surface area contributed by atoms with Crippen molar-refractivity contribution in [3.63, 3.8) is 0 Å². The molecule has 0 unspecified atom stereocenters. The third-order valence-electron chi connectivity index (χ3n) is 4.07. The van der Waals surface area contributed by atoms with Crippen LogP contribution in [0.1, 0.15) is 18.2 Å². The highest BCUT2D eigenvalue weighted by Crippen LogP contribution is 2.12. The van der Waals surface area contributed by atoms with Gasteiger partial charge in [0.15, 0.2) is 0 Å². The number of anilines is 1. The number of aryl methyl sites for hydroxylation is 1. The van der Waals surface area contributed by atoms with Gasteiger partial charge in [-0.2, -0.15) is 0 Å². The first-order valence-electron chi connectivity index (χ1n) is 7.86. The van der Waals surface area contributed by atoms with Crippen LogP contribution < -0.4 is 10.5 Å². The molecule has 5 heteroatoms. The molecule has 1 aromatic carbocycles. The summed E-state index contributed by atoms with van der Waals surface area (Å²) in [6.07, 6.45) is 0.783. The summed E-state index contributed by atoms with van der Waals surface area (Å²) in [5.74, 6) is 0.712. The molecule has 3 rings (SSSR count). The number of nitrogens with one attached hydrogen (secondary N) is 1. The molecular formula is C17H22N4O. The Kier molecular flexibility index (Phi) is 4.53. The first-order valence-corrected chi connectivity index (χ1v) is 7.86. The molecule has 0 saturated carbocycles. The second-order valence-corrected chi connectivity index (χ2v) is 5.66. The third-order valence-corrected chi connectivity index (χ3v) is 4.07. The molecule has 0 atom stereocenters. The zero-order valence-corrected chi connectivity index (χ0v) is 13.0. The highest BCUT2D eigenvalue weighted by molar-refractivity contribution is 5.31. The van der Waals surface area contributed by atoms with Crippen molar-refractivity contribution in [1.29, 1.82) is 0 Å². The number of H-pyrrole nitrogens is 1. The molecule has 0 amide bonds. The maximum absolute atomic E-state index is 11.7. The number of nitrogens with zero attached hydrogens (tertiary/aromatic N) is 3. The van der Waals surface area contributed by atoms with E-state index in [4.69, 9.17) is 0 Å². The topological polar surface area (TPSA) is 52.2 Å². The van der Waals surface area contributed by atoms with Gasteiger partial charge in [-0.05, 0) is 12.0 Å². The number of hydrogen-bond donors (Lipinski definition) is 1. The van der Waals surface area contributed by atoms with Crippen LogP contribution in [0.15, 0.2) is 41.2 Å². The smallest absolute Gasteiger partial charge is 0.252 e.